The van der Waals surface area contributed by atoms with Crippen molar-refractivity contribution in [1.29, 1.82) is 0 Å². The molecule has 1 fully saturated rings. The first-order chi connectivity index (χ1) is 9.58. The maximum atomic E-state index is 11.4. The number of primary amides is 1. The molecule has 0 spiro atoms. The van der Waals surface area contributed by atoms with Gasteiger partial charge in [-0.2, -0.15) is 0 Å². The Kier molecular flexibility index (Phi) is 4.74. The molecule has 0 radical (unpaired) electrons. The maximum absolute atomic E-state index is 11.4. The normalized spacial score (nSPS) is 15.7. The molecule has 1 aliphatic carbocycles. The molecule has 5 heteroatoms. The van der Waals surface area contributed by atoms with Crippen LogP contribution in [0.2, 0.25) is 0 Å². The first kappa shape index (κ1) is 14.5. The first-order valence-electron chi connectivity index (χ1n) is 6.91. The highest BCUT2D eigenvalue weighted by Crippen LogP contribution is 2.25. The van der Waals surface area contributed by atoms with E-state index in [9.17, 15) is 9.59 Å². The molecule has 0 saturated heterocycles. The smallest absolute Gasteiger partial charge is 0.317 e. The van der Waals surface area contributed by atoms with Crippen LogP contribution >= 0.6 is 0 Å². The minimum atomic E-state index is -0.839. The van der Waals surface area contributed by atoms with Crippen molar-refractivity contribution in [3.05, 3.63) is 35.4 Å². The largest absolute Gasteiger partial charge is 0.480 e. The van der Waals surface area contributed by atoms with E-state index in [1.165, 1.54) is 0 Å². The fourth-order valence-corrected chi connectivity index (χ4v) is 2.87. The highest BCUT2D eigenvalue weighted by Gasteiger charge is 2.25. The van der Waals surface area contributed by atoms with E-state index in [1.807, 2.05) is 17.0 Å². The number of rotatable bonds is 6. The van der Waals surface area contributed by atoms with Gasteiger partial charge < -0.3 is 10.8 Å². The first-order valence-corrected chi connectivity index (χ1v) is 6.91. The van der Waals surface area contributed by atoms with Gasteiger partial charge in [0.2, 0.25) is 5.91 Å². The Morgan fingerprint density at radius 3 is 2.50 bits per heavy atom. The van der Waals surface area contributed by atoms with Crippen molar-refractivity contribution in [3.63, 3.8) is 0 Å². The number of amides is 1. The third-order valence-corrected chi connectivity index (χ3v) is 3.84. The number of hydrogen-bond donors (Lipinski definition) is 2. The number of carboxylic acids is 1. The quantitative estimate of drug-likeness (QED) is 0.827. The molecule has 20 heavy (non-hydrogen) atoms. The molecule has 0 aliphatic heterocycles. The van der Waals surface area contributed by atoms with E-state index in [4.69, 9.17) is 10.8 Å². The van der Waals surface area contributed by atoms with Gasteiger partial charge in [0, 0.05) is 18.2 Å². The Morgan fingerprint density at radius 1 is 1.25 bits per heavy atom. The number of carbonyl (C=O) groups is 2. The van der Waals surface area contributed by atoms with Crippen LogP contribution in [-0.4, -0.2) is 34.5 Å². The van der Waals surface area contributed by atoms with Gasteiger partial charge in [-0.25, -0.2) is 0 Å². The van der Waals surface area contributed by atoms with Crippen LogP contribution in [0.4, 0.5) is 0 Å². The van der Waals surface area contributed by atoms with Crippen LogP contribution in [0.5, 0.6) is 0 Å². The summed E-state index contributed by atoms with van der Waals surface area (Å²) in [4.78, 5) is 24.4. The van der Waals surface area contributed by atoms with Gasteiger partial charge in [-0.3, -0.25) is 14.5 Å². The monoisotopic (exact) mass is 276 g/mol. The van der Waals surface area contributed by atoms with Gasteiger partial charge in [-0.15, -0.1) is 0 Å². The SMILES string of the molecule is NC(=O)c1ccccc1CN(CC(=O)O)C1CCCC1. The topological polar surface area (TPSA) is 83.6 Å². The zero-order chi connectivity index (χ0) is 14.5. The van der Waals surface area contributed by atoms with Crippen LogP contribution in [0, 0.1) is 0 Å². The Hall–Kier alpha value is -1.88. The van der Waals surface area contributed by atoms with E-state index < -0.39 is 11.9 Å². The zero-order valence-electron chi connectivity index (χ0n) is 11.4. The molecule has 0 aromatic heterocycles. The average molecular weight is 276 g/mol. The molecular weight excluding hydrogens is 256 g/mol. The van der Waals surface area contributed by atoms with E-state index >= 15 is 0 Å². The summed E-state index contributed by atoms with van der Waals surface area (Å²) in [5, 5.41) is 9.07. The lowest BCUT2D eigenvalue weighted by molar-refractivity contribution is -0.139. The Morgan fingerprint density at radius 2 is 1.90 bits per heavy atom. The summed E-state index contributed by atoms with van der Waals surface area (Å²) < 4.78 is 0. The lowest BCUT2D eigenvalue weighted by Gasteiger charge is -2.27. The van der Waals surface area contributed by atoms with Crippen LogP contribution in [0.3, 0.4) is 0 Å². The number of hydrogen-bond acceptors (Lipinski definition) is 3. The van der Waals surface area contributed by atoms with E-state index in [0.717, 1.165) is 31.2 Å². The molecule has 1 aromatic carbocycles. The lowest BCUT2D eigenvalue weighted by Crippen LogP contribution is -2.37. The summed E-state index contributed by atoms with van der Waals surface area (Å²) in [5.41, 5.74) is 6.64. The second-order valence-corrected chi connectivity index (χ2v) is 5.26. The summed E-state index contributed by atoms with van der Waals surface area (Å²) in [5.74, 6) is -1.31. The fraction of sp³-hybridized carbons (Fsp3) is 0.467. The molecule has 0 atom stereocenters. The van der Waals surface area contributed by atoms with Crippen molar-refractivity contribution in [2.45, 2.75) is 38.3 Å². The summed E-state index contributed by atoms with van der Waals surface area (Å²) in [7, 11) is 0. The molecule has 0 bridgehead atoms. The predicted octanol–water partition coefficient (Wildman–Crippen LogP) is 1.61. The highest BCUT2D eigenvalue weighted by molar-refractivity contribution is 5.94. The van der Waals surface area contributed by atoms with Crippen molar-refractivity contribution in [3.8, 4) is 0 Å². The number of carbonyl (C=O) groups excluding carboxylic acids is 1. The molecular formula is C15H20N2O3. The minimum absolute atomic E-state index is 0.00222. The molecule has 1 aromatic rings. The summed E-state index contributed by atoms with van der Waals surface area (Å²) in [6.07, 6.45) is 4.31. The van der Waals surface area contributed by atoms with Gasteiger partial charge in [-0.1, -0.05) is 31.0 Å². The van der Waals surface area contributed by atoms with Crippen LogP contribution in [-0.2, 0) is 11.3 Å². The van der Waals surface area contributed by atoms with Crippen LogP contribution < -0.4 is 5.73 Å². The number of carboxylic acid groups (broad SMARTS) is 1. The van der Waals surface area contributed by atoms with Gasteiger partial charge in [0.25, 0.3) is 0 Å². The predicted molar refractivity (Wildman–Crippen MR) is 75.3 cm³/mol. The van der Waals surface area contributed by atoms with Gasteiger partial charge in [0.1, 0.15) is 0 Å². The maximum Gasteiger partial charge on any atom is 0.317 e. The third kappa shape index (κ3) is 3.57. The van der Waals surface area contributed by atoms with Crippen LogP contribution in [0.15, 0.2) is 24.3 Å². The average Bonchev–Trinajstić information content (AvgIpc) is 2.91. The molecule has 0 unspecified atom stereocenters. The summed E-state index contributed by atoms with van der Waals surface area (Å²) in [6, 6.07) is 7.41. The Balaban J connectivity index is 2.18. The number of benzene rings is 1. The Labute approximate surface area is 118 Å². The number of aliphatic carboxylic acids is 1. The van der Waals surface area contributed by atoms with Gasteiger partial charge in [0.05, 0.1) is 6.54 Å². The molecule has 108 valence electrons. The third-order valence-electron chi connectivity index (χ3n) is 3.84. The molecule has 1 amide bonds. The van der Waals surface area contributed by atoms with E-state index in [-0.39, 0.29) is 12.6 Å². The van der Waals surface area contributed by atoms with E-state index in [1.54, 1.807) is 12.1 Å². The van der Waals surface area contributed by atoms with E-state index in [2.05, 4.69) is 0 Å². The van der Waals surface area contributed by atoms with Crippen LogP contribution in [0.1, 0.15) is 41.6 Å². The van der Waals surface area contributed by atoms with Crippen molar-refractivity contribution in [2.24, 2.45) is 5.73 Å². The van der Waals surface area contributed by atoms with Crippen molar-refractivity contribution >= 4 is 11.9 Å². The van der Waals surface area contributed by atoms with Gasteiger partial charge >= 0.3 is 5.97 Å². The lowest BCUT2D eigenvalue weighted by atomic mass is 10.1. The van der Waals surface area contributed by atoms with Gasteiger partial charge in [0.15, 0.2) is 0 Å². The fourth-order valence-electron chi connectivity index (χ4n) is 2.87. The molecule has 2 rings (SSSR count). The standard InChI is InChI=1S/C15H20N2O3/c16-15(20)13-8-4-1-5-11(13)9-17(10-14(18)19)12-6-2-3-7-12/h1,4-5,8,12H,2-3,6-7,9-10H2,(H2,16,20)(H,18,19). The molecule has 1 aliphatic rings. The summed E-state index contributed by atoms with van der Waals surface area (Å²) >= 11 is 0. The van der Waals surface area contributed by atoms with Crippen LogP contribution in [0.25, 0.3) is 0 Å². The second kappa shape index (κ2) is 6.52. The van der Waals surface area contributed by atoms with E-state index in [0.29, 0.717) is 12.1 Å². The second-order valence-electron chi connectivity index (χ2n) is 5.26. The molecule has 1 saturated carbocycles. The minimum Gasteiger partial charge on any atom is -0.480 e. The molecule has 5 nitrogen and oxygen atoms in total. The number of nitrogens with zero attached hydrogens (tertiary/aromatic N) is 1. The van der Waals surface area contributed by atoms with Crippen molar-refractivity contribution < 1.29 is 14.7 Å². The highest BCUT2D eigenvalue weighted by atomic mass is 16.4. The molecule has 0 heterocycles. The van der Waals surface area contributed by atoms with Crippen molar-refractivity contribution in [2.75, 3.05) is 6.54 Å². The van der Waals surface area contributed by atoms with Crippen molar-refractivity contribution in [1.82, 2.24) is 4.90 Å². The summed E-state index contributed by atoms with van der Waals surface area (Å²) in [6.45, 7) is 0.452. The Bertz CT molecular complexity index is 496. The zero-order valence-corrected chi connectivity index (χ0v) is 11.4. The number of nitrogens with two attached hydrogens (primary N) is 1. The van der Waals surface area contributed by atoms with Gasteiger partial charge in [-0.05, 0) is 24.5 Å². The molecule has 3 N–H and O–H groups in total.